The molecule has 0 heterocycles. The Bertz CT molecular complexity index is 1170. The Morgan fingerprint density at radius 1 is 1.00 bits per heavy atom. The number of carbonyl (C=O) groups excluding carboxylic acids is 2. The van der Waals surface area contributed by atoms with Gasteiger partial charge in [-0.15, -0.1) is 0 Å². The molecule has 0 bridgehead atoms. The predicted octanol–water partition coefficient (Wildman–Crippen LogP) is 5.29. The van der Waals surface area contributed by atoms with Crippen molar-refractivity contribution in [2.24, 2.45) is 0 Å². The van der Waals surface area contributed by atoms with Gasteiger partial charge in [-0.2, -0.15) is 0 Å². The predicted molar refractivity (Wildman–Crippen MR) is 124 cm³/mol. The number of esters is 1. The highest BCUT2D eigenvalue weighted by Gasteiger charge is 2.18. The van der Waals surface area contributed by atoms with Crippen molar-refractivity contribution in [2.75, 3.05) is 13.7 Å². The standard InChI is InChI=1S/C24H20BrNO7/c1-15-3-5-16(6-4-15)13-32-23-20(25)11-18(12-22(23)31-2)24(28)33-14-21(27)17-7-9-19(10-8-17)26(29)30/h3-12H,13-14H2,1-2H3. The van der Waals surface area contributed by atoms with Gasteiger partial charge in [0.25, 0.3) is 5.69 Å². The van der Waals surface area contributed by atoms with E-state index in [0.29, 0.717) is 22.6 Å². The largest absolute Gasteiger partial charge is 0.493 e. The summed E-state index contributed by atoms with van der Waals surface area (Å²) in [6.07, 6.45) is 0. The Hall–Kier alpha value is -3.72. The molecule has 0 saturated carbocycles. The lowest BCUT2D eigenvalue weighted by atomic mass is 10.1. The van der Waals surface area contributed by atoms with Crippen LogP contribution < -0.4 is 9.47 Å². The van der Waals surface area contributed by atoms with Crippen LogP contribution in [0.25, 0.3) is 0 Å². The van der Waals surface area contributed by atoms with Gasteiger partial charge >= 0.3 is 5.97 Å². The van der Waals surface area contributed by atoms with Crippen molar-refractivity contribution in [1.29, 1.82) is 0 Å². The van der Waals surface area contributed by atoms with Crippen LogP contribution in [0.2, 0.25) is 0 Å². The second-order valence-electron chi connectivity index (χ2n) is 7.07. The first kappa shape index (κ1) is 23.9. The van der Waals surface area contributed by atoms with Crippen LogP contribution in [0, 0.1) is 17.0 Å². The van der Waals surface area contributed by atoms with Gasteiger partial charge in [-0.05, 0) is 52.7 Å². The van der Waals surface area contributed by atoms with Crippen molar-refractivity contribution in [2.45, 2.75) is 13.5 Å². The van der Waals surface area contributed by atoms with Crippen LogP contribution in [-0.2, 0) is 11.3 Å². The quantitative estimate of drug-likeness (QED) is 0.165. The van der Waals surface area contributed by atoms with E-state index in [4.69, 9.17) is 14.2 Å². The molecule has 3 rings (SSSR count). The number of carbonyl (C=O) groups is 2. The molecule has 0 aliphatic heterocycles. The molecule has 0 N–H and O–H groups in total. The molecule has 0 atom stereocenters. The molecule has 0 amide bonds. The summed E-state index contributed by atoms with van der Waals surface area (Å²) >= 11 is 3.39. The third kappa shape index (κ3) is 6.17. The molecule has 0 unspecified atom stereocenters. The van der Waals surface area contributed by atoms with Crippen molar-refractivity contribution in [1.82, 2.24) is 0 Å². The molecule has 3 aromatic carbocycles. The van der Waals surface area contributed by atoms with E-state index in [-0.39, 0.29) is 16.8 Å². The molecule has 0 aromatic heterocycles. The van der Waals surface area contributed by atoms with Crippen LogP contribution in [0.5, 0.6) is 11.5 Å². The average molecular weight is 514 g/mol. The number of hydrogen-bond acceptors (Lipinski definition) is 7. The van der Waals surface area contributed by atoms with E-state index < -0.39 is 23.3 Å². The zero-order valence-electron chi connectivity index (χ0n) is 17.9. The molecule has 0 spiro atoms. The van der Waals surface area contributed by atoms with Gasteiger partial charge in [-0.3, -0.25) is 14.9 Å². The molecular formula is C24H20BrNO7. The fourth-order valence-electron chi connectivity index (χ4n) is 2.88. The molecule has 0 aliphatic carbocycles. The number of rotatable bonds is 9. The summed E-state index contributed by atoms with van der Waals surface area (Å²) in [4.78, 5) is 34.9. The van der Waals surface area contributed by atoms with E-state index in [1.165, 1.54) is 43.5 Å². The summed E-state index contributed by atoms with van der Waals surface area (Å²) in [6.45, 7) is 1.80. The van der Waals surface area contributed by atoms with Crippen LogP contribution in [0.1, 0.15) is 31.8 Å². The molecule has 0 fully saturated rings. The first-order chi connectivity index (χ1) is 15.8. The lowest BCUT2D eigenvalue weighted by molar-refractivity contribution is -0.384. The van der Waals surface area contributed by atoms with Gasteiger partial charge in [-0.25, -0.2) is 4.79 Å². The van der Waals surface area contributed by atoms with Crippen molar-refractivity contribution in [3.63, 3.8) is 0 Å². The highest BCUT2D eigenvalue weighted by molar-refractivity contribution is 9.10. The molecule has 33 heavy (non-hydrogen) atoms. The third-order valence-electron chi connectivity index (χ3n) is 4.70. The summed E-state index contributed by atoms with van der Waals surface area (Å²) in [5.41, 5.74) is 2.35. The first-order valence-electron chi connectivity index (χ1n) is 9.79. The lowest BCUT2D eigenvalue weighted by Gasteiger charge is -2.14. The summed E-state index contributed by atoms with van der Waals surface area (Å²) in [5, 5.41) is 10.7. The first-order valence-corrected chi connectivity index (χ1v) is 10.6. The van der Waals surface area contributed by atoms with Gasteiger partial charge in [-0.1, -0.05) is 29.8 Å². The fourth-order valence-corrected chi connectivity index (χ4v) is 3.44. The number of benzene rings is 3. The Labute approximate surface area is 198 Å². The minimum Gasteiger partial charge on any atom is -0.493 e. The maximum absolute atomic E-state index is 12.5. The van der Waals surface area contributed by atoms with Crippen molar-refractivity contribution in [3.8, 4) is 11.5 Å². The van der Waals surface area contributed by atoms with E-state index in [0.717, 1.165) is 11.1 Å². The topological polar surface area (TPSA) is 105 Å². The van der Waals surface area contributed by atoms with Gasteiger partial charge in [0.15, 0.2) is 23.9 Å². The van der Waals surface area contributed by atoms with Gasteiger partial charge in [0, 0.05) is 17.7 Å². The minimum atomic E-state index is -0.727. The van der Waals surface area contributed by atoms with E-state index >= 15 is 0 Å². The highest BCUT2D eigenvalue weighted by atomic mass is 79.9. The maximum Gasteiger partial charge on any atom is 0.338 e. The number of aryl methyl sites for hydroxylation is 1. The SMILES string of the molecule is COc1cc(C(=O)OCC(=O)c2ccc([N+](=O)[O-])cc2)cc(Br)c1OCc1ccc(C)cc1. The Morgan fingerprint density at radius 3 is 2.27 bits per heavy atom. The van der Waals surface area contributed by atoms with Crippen LogP contribution in [0.4, 0.5) is 5.69 Å². The number of nitro benzene ring substituents is 1. The minimum absolute atomic E-state index is 0.134. The molecule has 9 heteroatoms. The van der Waals surface area contributed by atoms with E-state index in [1.54, 1.807) is 0 Å². The maximum atomic E-state index is 12.5. The third-order valence-corrected chi connectivity index (χ3v) is 5.29. The average Bonchev–Trinajstić information content (AvgIpc) is 2.82. The number of Topliss-reactive ketones (excluding diaryl/α,β-unsaturated/α-hetero) is 1. The van der Waals surface area contributed by atoms with Crippen LogP contribution in [0.3, 0.4) is 0 Å². The van der Waals surface area contributed by atoms with E-state index in [1.807, 2.05) is 31.2 Å². The van der Waals surface area contributed by atoms with Crippen LogP contribution >= 0.6 is 15.9 Å². The Morgan fingerprint density at radius 2 is 1.67 bits per heavy atom. The van der Waals surface area contributed by atoms with E-state index in [9.17, 15) is 19.7 Å². The van der Waals surface area contributed by atoms with Crippen LogP contribution in [0.15, 0.2) is 65.1 Å². The zero-order chi connectivity index (χ0) is 24.0. The van der Waals surface area contributed by atoms with Gasteiger partial charge < -0.3 is 14.2 Å². The summed E-state index contributed by atoms with van der Waals surface area (Å²) in [7, 11) is 1.45. The molecule has 0 aliphatic rings. The van der Waals surface area contributed by atoms with Crippen molar-refractivity contribution >= 4 is 33.4 Å². The summed E-state index contributed by atoms with van der Waals surface area (Å²) in [5.74, 6) is -0.460. The number of non-ortho nitro benzene ring substituents is 1. The number of ketones is 1. The number of ether oxygens (including phenoxy) is 3. The number of nitro groups is 1. The summed E-state index contributed by atoms with van der Waals surface area (Å²) in [6, 6.07) is 15.9. The molecule has 0 radical (unpaired) electrons. The second-order valence-corrected chi connectivity index (χ2v) is 7.92. The molecule has 0 saturated heterocycles. The van der Waals surface area contributed by atoms with Crippen molar-refractivity contribution in [3.05, 3.63) is 97.5 Å². The van der Waals surface area contributed by atoms with Gasteiger partial charge in [0.2, 0.25) is 0 Å². The molecule has 3 aromatic rings. The van der Waals surface area contributed by atoms with Crippen LogP contribution in [-0.4, -0.2) is 30.4 Å². The number of methoxy groups -OCH3 is 1. The summed E-state index contributed by atoms with van der Waals surface area (Å²) < 4.78 is 16.8. The van der Waals surface area contributed by atoms with E-state index in [2.05, 4.69) is 15.9 Å². The normalized spacial score (nSPS) is 10.4. The molecular weight excluding hydrogens is 494 g/mol. The van der Waals surface area contributed by atoms with Gasteiger partial charge in [0.1, 0.15) is 6.61 Å². The lowest BCUT2D eigenvalue weighted by Crippen LogP contribution is -2.14. The van der Waals surface area contributed by atoms with Crippen molar-refractivity contribution < 1.29 is 28.7 Å². The number of halogens is 1. The number of nitrogens with zero attached hydrogens (tertiary/aromatic N) is 1. The second kappa shape index (κ2) is 10.7. The monoisotopic (exact) mass is 513 g/mol. The highest BCUT2D eigenvalue weighted by Crippen LogP contribution is 2.37. The number of hydrogen-bond donors (Lipinski definition) is 0. The fraction of sp³-hybridized carbons (Fsp3) is 0.167. The van der Waals surface area contributed by atoms with Gasteiger partial charge in [0.05, 0.1) is 22.1 Å². The molecule has 170 valence electrons. The smallest absolute Gasteiger partial charge is 0.338 e. The zero-order valence-corrected chi connectivity index (χ0v) is 19.5. The Kier molecular flexibility index (Phi) is 7.78. The molecule has 8 nitrogen and oxygen atoms in total. The Balaban J connectivity index is 1.66.